The lowest BCUT2D eigenvalue weighted by atomic mass is 9.87. The first-order chi connectivity index (χ1) is 12.0. The van der Waals surface area contributed by atoms with Crippen LogP contribution in [0.2, 0.25) is 10.0 Å². The maximum absolute atomic E-state index is 11.0. The Morgan fingerprint density at radius 1 is 1.12 bits per heavy atom. The number of hydrogen-bond donors (Lipinski definition) is 2. The van der Waals surface area contributed by atoms with Crippen LogP contribution in [0.5, 0.6) is 11.5 Å². The van der Waals surface area contributed by atoms with Crippen molar-refractivity contribution in [2.24, 2.45) is 0 Å². The van der Waals surface area contributed by atoms with Gasteiger partial charge in [-0.25, -0.2) is 4.98 Å². The van der Waals surface area contributed by atoms with Crippen molar-refractivity contribution >= 4 is 23.2 Å². The zero-order valence-corrected chi connectivity index (χ0v) is 15.1. The lowest BCUT2D eigenvalue weighted by Crippen LogP contribution is -2.28. The van der Waals surface area contributed by atoms with Crippen molar-refractivity contribution in [3.05, 3.63) is 70.2 Å². The van der Waals surface area contributed by atoms with Crippen LogP contribution in [0, 0.1) is 0 Å². The van der Waals surface area contributed by atoms with E-state index in [0.717, 1.165) is 0 Å². The van der Waals surface area contributed by atoms with Crippen LogP contribution < -0.4 is 4.74 Å². The predicted molar refractivity (Wildman–Crippen MR) is 97.3 cm³/mol. The molecule has 7 heteroatoms. The van der Waals surface area contributed by atoms with E-state index >= 15 is 0 Å². The van der Waals surface area contributed by atoms with Gasteiger partial charge in [0.25, 0.3) is 0 Å². The molecule has 0 aliphatic carbocycles. The van der Waals surface area contributed by atoms with Gasteiger partial charge in [-0.15, -0.1) is 0 Å². The molecule has 0 saturated carbocycles. The number of halogens is 2. The van der Waals surface area contributed by atoms with Crippen LogP contribution in [-0.4, -0.2) is 20.3 Å². The van der Waals surface area contributed by atoms with Gasteiger partial charge in [-0.3, -0.25) is 5.10 Å². The maximum Gasteiger partial charge on any atom is 0.153 e. The molecule has 0 unspecified atom stereocenters. The number of nitrogens with zero attached hydrogens (tertiary/aromatic N) is 2. The fourth-order valence-electron chi connectivity index (χ4n) is 2.57. The standard InChI is InChI=1S/C18H17Cl2N3O2/c1-2-18(24,10-17-21-11-22-23-17)15-8-7-14(9-16(15)20)25-13-5-3-12(19)4-6-13/h3-9,11,24H,2,10H2,1H3,(H,21,22,23)/t18-/m0/s1. The molecule has 130 valence electrons. The van der Waals surface area contributed by atoms with E-state index in [1.54, 1.807) is 42.5 Å². The fourth-order valence-corrected chi connectivity index (χ4v) is 3.04. The molecule has 1 aromatic heterocycles. The van der Waals surface area contributed by atoms with Gasteiger partial charge in [0.05, 0.1) is 10.6 Å². The molecule has 5 nitrogen and oxygen atoms in total. The van der Waals surface area contributed by atoms with Crippen molar-refractivity contribution in [1.29, 1.82) is 0 Å². The minimum Gasteiger partial charge on any atom is -0.457 e. The van der Waals surface area contributed by atoms with Crippen molar-refractivity contribution in [3.63, 3.8) is 0 Å². The van der Waals surface area contributed by atoms with E-state index < -0.39 is 5.60 Å². The van der Waals surface area contributed by atoms with Crippen molar-refractivity contribution < 1.29 is 9.84 Å². The molecule has 0 amide bonds. The summed E-state index contributed by atoms with van der Waals surface area (Å²) in [7, 11) is 0. The zero-order chi connectivity index (χ0) is 17.9. The SMILES string of the molecule is CC[C@](O)(Cc1nc[nH]n1)c1ccc(Oc2ccc(Cl)cc2)cc1Cl. The van der Waals surface area contributed by atoms with Crippen LogP contribution in [0.3, 0.4) is 0 Å². The number of aromatic nitrogens is 3. The minimum absolute atomic E-state index is 0.268. The third kappa shape index (κ3) is 4.12. The topological polar surface area (TPSA) is 71.0 Å². The molecule has 0 spiro atoms. The van der Waals surface area contributed by atoms with E-state index in [0.29, 0.717) is 39.4 Å². The Bertz CT molecular complexity index is 838. The van der Waals surface area contributed by atoms with Gasteiger partial charge in [0.1, 0.15) is 17.8 Å². The fraction of sp³-hybridized carbons (Fsp3) is 0.222. The Hall–Kier alpha value is -2.08. The van der Waals surface area contributed by atoms with Gasteiger partial charge in [-0.2, -0.15) is 5.10 Å². The van der Waals surface area contributed by atoms with Crippen LogP contribution in [0.4, 0.5) is 0 Å². The predicted octanol–water partition coefficient (Wildman–Crippen LogP) is 4.74. The number of benzene rings is 2. The second kappa shape index (κ2) is 7.44. The number of aliphatic hydroxyl groups is 1. The van der Waals surface area contributed by atoms with Gasteiger partial charge in [0, 0.05) is 17.0 Å². The summed E-state index contributed by atoms with van der Waals surface area (Å²) in [5, 5.41) is 18.7. The van der Waals surface area contributed by atoms with Gasteiger partial charge in [0.15, 0.2) is 5.82 Å². The number of H-pyrrole nitrogens is 1. The summed E-state index contributed by atoms with van der Waals surface area (Å²) >= 11 is 12.3. The number of aromatic amines is 1. The summed E-state index contributed by atoms with van der Waals surface area (Å²) in [6, 6.07) is 12.3. The molecule has 3 rings (SSSR count). The van der Waals surface area contributed by atoms with E-state index in [4.69, 9.17) is 27.9 Å². The maximum atomic E-state index is 11.0. The van der Waals surface area contributed by atoms with E-state index in [1.807, 2.05) is 6.92 Å². The minimum atomic E-state index is -1.15. The van der Waals surface area contributed by atoms with Crippen molar-refractivity contribution in [1.82, 2.24) is 15.2 Å². The lowest BCUT2D eigenvalue weighted by molar-refractivity contribution is 0.0309. The number of ether oxygens (including phenoxy) is 1. The van der Waals surface area contributed by atoms with Crippen molar-refractivity contribution in [3.8, 4) is 11.5 Å². The number of hydrogen-bond acceptors (Lipinski definition) is 4. The van der Waals surface area contributed by atoms with Gasteiger partial charge < -0.3 is 9.84 Å². The largest absolute Gasteiger partial charge is 0.457 e. The van der Waals surface area contributed by atoms with Gasteiger partial charge in [-0.1, -0.05) is 36.2 Å². The second-order valence-electron chi connectivity index (χ2n) is 5.67. The van der Waals surface area contributed by atoms with Crippen LogP contribution in [0.1, 0.15) is 24.7 Å². The van der Waals surface area contributed by atoms with Gasteiger partial charge >= 0.3 is 0 Å². The number of rotatable bonds is 6. The summed E-state index contributed by atoms with van der Waals surface area (Å²) < 4.78 is 5.77. The Morgan fingerprint density at radius 3 is 2.44 bits per heavy atom. The van der Waals surface area contributed by atoms with Crippen LogP contribution in [0.15, 0.2) is 48.8 Å². The van der Waals surface area contributed by atoms with Gasteiger partial charge in [0.2, 0.25) is 0 Å². The zero-order valence-electron chi connectivity index (χ0n) is 13.5. The summed E-state index contributed by atoms with van der Waals surface area (Å²) in [5.41, 5.74) is -0.539. The van der Waals surface area contributed by atoms with Gasteiger partial charge in [-0.05, 0) is 42.8 Å². The molecule has 0 radical (unpaired) electrons. The molecule has 3 aromatic rings. The highest BCUT2D eigenvalue weighted by molar-refractivity contribution is 6.31. The molecule has 1 heterocycles. The summed E-state index contributed by atoms with van der Waals surface area (Å²) in [4.78, 5) is 4.08. The van der Waals surface area contributed by atoms with Crippen molar-refractivity contribution in [2.45, 2.75) is 25.4 Å². The third-order valence-electron chi connectivity index (χ3n) is 3.99. The summed E-state index contributed by atoms with van der Waals surface area (Å²) in [5.74, 6) is 1.76. The quantitative estimate of drug-likeness (QED) is 0.650. The normalized spacial score (nSPS) is 13.4. The lowest BCUT2D eigenvalue weighted by Gasteiger charge is -2.27. The Balaban J connectivity index is 1.83. The molecule has 0 bridgehead atoms. The van der Waals surface area contributed by atoms with Crippen LogP contribution in [-0.2, 0) is 12.0 Å². The van der Waals surface area contributed by atoms with E-state index in [1.165, 1.54) is 6.33 Å². The van der Waals surface area contributed by atoms with Crippen molar-refractivity contribution in [2.75, 3.05) is 0 Å². The summed E-state index contributed by atoms with van der Waals surface area (Å²) in [6.45, 7) is 1.89. The molecule has 0 saturated heterocycles. The molecule has 2 N–H and O–H groups in total. The summed E-state index contributed by atoms with van der Waals surface area (Å²) in [6.07, 6.45) is 2.22. The second-order valence-corrected chi connectivity index (χ2v) is 6.52. The molecule has 0 aliphatic rings. The highest BCUT2D eigenvalue weighted by Crippen LogP contribution is 2.36. The third-order valence-corrected chi connectivity index (χ3v) is 4.56. The molecule has 0 aliphatic heterocycles. The molecular formula is C18H17Cl2N3O2. The number of nitrogens with one attached hydrogen (secondary N) is 1. The first-order valence-corrected chi connectivity index (χ1v) is 8.56. The average molecular weight is 378 g/mol. The Labute approximate surface area is 155 Å². The Kier molecular flexibility index (Phi) is 5.27. The first kappa shape index (κ1) is 17.7. The van der Waals surface area contributed by atoms with E-state index in [9.17, 15) is 5.11 Å². The molecule has 1 atom stereocenters. The van der Waals surface area contributed by atoms with Crippen LogP contribution in [0.25, 0.3) is 0 Å². The molecule has 2 aromatic carbocycles. The Morgan fingerprint density at radius 2 is 1.84 bits per heavy atom. The molecule has 0 fully saturated rings. The monoisotopic (exact) mass is 377 g/mol. The highest BCUT2D eigenvalue weighted by atomic mass is 35.5. The highest BCUT2D eigenvalue weighted by Gasteiger charge is 2.31. The average Bonchev–Trinajstić information content (AvgIpc) is 3.09. The first-order valence-electron chi connectivity index (χ1n) is 7.80. The van der Waals surface area contributed by atoms with E-state index in [-0.39, 0.29) is 6.42 Å². The smallest absolute Gasteiger partial charge is 0.153 e. The molecule has 25 heavy (non-hydrogen) atoms. The van der Waals surface area contributed by atoms with E-state index in [2.05, 4.69) is 15.2 Å². The van der Waals surface area contributed by atoms with Crippen LogP contribution >= 0.6 is 23.2 Å². The molecular weight excluding hydrogens is 361 g/mol.